The predicted octanol–water partition coefficient (Wildman–Crippen LogP) is 2.85. The molecule has 0 aromatic heterocycles. The van der Waals surface area contributed by atoms with Gasteiger partial charge in [0.05, 0.1) is 12.7 Å². The van der Waals surface area contributed by atoms with Crippen LogP contribution in [0.1, 0.15) is 49.4 Å². The molecule has 2 atom stereocenters. The van der Waals surface area contributed by atoms with E-state index in [1.807, 2.05) is 36.1 Å². The van der Waals surface area contributed by atoms with Crippen LogP contribution in [0.4, 0.5) is 0 Å². The number of hydrogen-bond acceptors (Lipinski definition) is 3. The zero-order chi connectivity index (χ0) is 15.6. The Kier molecular flexibility index (Phi) is 4.39. The average Bonchev–Trinajstić information content (AvgIpc) is 2.88. The molecule has 2 aliphatic rings. The van der Waals surface area contributed by atoms with Crippen molar-refractivity contribution in [2.24, 2.45) is 5.41 Å². The highest BCUT2D eigenvalue weighted by Crippen LogP contribution is 2.45. The van der Waals surface area contributed by atoms with Crippen LogP contribution in [0.3, 0.4) is 0 Å². The standard InChI is InChI=1S/C18H25NO3/c1-2-22-15-8-6-14(7-9-15)17(21)19-12-4-11-18(13-19)10-3-5-16(18)20/h6-9,16,20H,2-5,10-13H2,1H3/t16-,18-/m1/s1. The van der Waals surface area contributed by atoms with Crippen LogP contribution in [0.5, 0.6) is 5.75 Å². The Morgan fingerprint density at radius 3 is 2.68 bits per heavy atom. The maximum Gasteiger partial charge on any atom is 0.253 e. The molecular weight excluding hydrogens is 278 g/mol. The van der Waals surface area contributed by atoms with Crippen LogP contribution in [-0.2, 0) is 0 Å². The fourth-order valence-corrected chi connectivity index (χ4v) is 3.97. The van der Waals surface area contributed by atoms with Gasteiger partial charge in [0.15, 0.2) is 0 Å². The third-order valence-electron chi connectivity index (χ3n) is 5.17. The van der Waals surface area contributed by atoms with E-state index < -0.39 is 0 Å². The number of rotatable bonds is 3. The van der Waals surface area contributed by atoms with Crippen LogP contribution < -0.4 is 4.74 Å². The van der Waals surface area contributed by atoms with E-state index in [9.17, 15) is 9.90 Å². The number of ether oxygens (including phenoxy) is 1. The van der Waals surface area contributed by atoms with Gasteiger partial charge in [0.2, 0.25) is 0 Å². The molecule has 22 heavy (non-hydrogen) atoms. The van der Waals surface area contributed by atoms with Crippen LogP contribution in [0.2, 0.25) is 0 Å². The third-order valence-corrected chi connectivity index (χ3v) is 5.17. The summed E-state index contributed by atoms with van der Waals surface area (Å²) in [4.78, 5) is 14.6. The number of hydrogen-bond donors (Lipinski definition) is 1. The quantitative estimate of drug-likeness (QED) is 0.934. The number of piperidine rings is 1. The van der Waals surface area contributed by atoms with E-state index in [-0.39, 0.29) is 17.4 Å². The van der Waals surface area contributed by atoms with Crippen LogP contribution in [0.15, 0.2) is 24.3 Å². The van der Waals surface area contributed by atoms with Gasteiger partial charge in [-0.2, -0.15) is 0 Å². The van der Waals surface area contributed by atoms with Gasteiger partial charge < -0.3 is 14.7 Å². The first-order valence-electron chi connectivity index (χ1n) is 8.35. The summed E-state index contributed by atoms with van der Waals surface area (Å²) < 4.78 is 5.42. The van der Waals surface area contributed by atoms with Crippen molar-refractivity contribution < 1.29 is 14.6 Å². The summed E-state index contributed by atoms with van der Waals surface area (Å²) in [6, 6.07) is 7.36. The van der Waals surface area contributed by atoms with Gasteiger partial charge in [-0.05, 0) is 56.9 Å². The summed E-state index contributed by atoms with van der Waals surface area (Å²) in [6.07, 6.45) is 4.78. The molecule has 4 heteroatoms. The van der Waals surface area contributed by atoms with Gasteiger partial charge >= 0.3 is 0 Å². The Balaban J connectivity index is 1.71. The highest BCUT2D eigenvalue weighted by molar-refractivity contribution is 5.94. The van der Waals surface area contributed by atoms with Crippen LogP contribution in [0.25, 0.3) is 0 Å². The molecule has 120 valence electrons. The lowest BCUT2D eigenvalue weighted by atomic mass is 9.76. The summed E-state index contributed by atoms with van der Waals surface area (Å²) in [6.45, 7) is 4.06. The Morgan fingerprint density at radius 1 is 1.32 bits per heavy atom. The maximum atomic E-state index is 12.7. The Labute approximate surface area is 132 Å². The molecule has 1 heterocycles. The number of carbonyl (C=O) groups excluding carboxylic acids is 1. The zero-order valence-corrected chi connectivity index (χ0v) is 13.3. The molecule has 1 aliphatic heterocycles. The van der Waals surface area contributed by atoms with Crippen molar-refractivity contribution in [2.45, 2.75) is 45.1 Å². The van der Waals surface area contributed by atoms with E-state index in [0.717, 1.165) is 44.4 Å². The minimum Gasteiger partial charge on any atom is -0.494 e. The van der Waals surface area contributed by atoms with Gasteiger partial charge in [0.25, 0.3) is 5.91 Å². The Bertz CT molecular complexity index is 528. The molecule has 0 radical (unpaired) electrons. The van der Waals surface area contributed by atoms with Gasteiger partial charge in [0, 0.05) is 24.1 Å². The van der Waals surface area contributed by atoms with Crippen molar-refractivity contribution >= 4 is 5.91 Å². The molecule has 0 unspecified atom stereocenters. The summed E-state index contributed by atoms with van der Waals surface area (Å²) in [5.41, 5.74) is 0.645. The molecule has 0 bridgehead atoms. The smallest absolute Gasteiger partial charge is 0.253 e. The Hall–Kier alpha value is -1.55. The minimum absolute atomic E-state index is 0.0564. The molecule has 1 aromatic rings. The molecule has 2 fully saturated rings. The Morgan fingerprint density at radius 2 is 2.05 bits per heavy atom. The van der Waals surface area contributed by atoms with E-state index >= 15 is 0 Å². The lowest BCUT2D eigenvalue weighted by Gasteiger charge is -2.42. The van der Waals surface area contributed by atoms with E-state index in [2.05, 4.69) is 0 Å². The fourth-order valence-electron chi connectivity index (χ4n) is 3.97. The molecule has 1 aliphatic carbocycles. The minimum atomic E-state index is -0.247. The number of carbonyl (C=O) groups is 1. The monoisotopic (exact) mass is 303 g/mol. The molecule has 1 saturated heterocycles. The average molecular weight is 303 g/mol. The SMILES string of the molecule is CCOc1ccc(C(=O)N2CCC[C@]3(CCC[C@H]3O)C2)cc1. The van der Waals surface area contributed by atoms with Crippen molar-refractivity contribution in [2.75, 3.05) is 19.7 Å². The van der Waals surface area contributed by atoms with Gasteiger partial charge in [-0.25, -0.2) is 0 Å². The molecule has 1 N–H and O–H groups in total. The first kappa shape index (κ1) is 15.3. The second-order valence-electron chi connectivity index (χ2n) is 6.56. The number of likely N-dealkylation sites (tertiary alicyclic amines) is 1. The number of nitrogens with zero attached hydrogens (tertiary/aromatic N) is 1. The van der Waals surface area contributed by atoms with Crippen molar-refractivity contribution in [3.8, 4) is 5.75 Å². The fraction of sp³-hybridized carbons (Fsp3) is 0.611. The van der Waals surface area contributed by atoms with Crippen molar-refractivity contribution in [3.05, 3.63) is 29.8 Å². The summed E-state index contributed by atoms with van der Waals surface area (Å²) in [7, 11) is 0. The number of aliphatic hydroxyl groups is 1. The van der Waals surface area contributed by atoms with E-state index in [1.165, 1.54) is 0 Å². The molecule has 1 saturated carbocycles. The van der Waals surface area contributed by atoms with E-state index in [4.69, 9.17) is 4.74 Å². The van der Waals surface area contributed by atoms with E-state index in [0.29, 0.717) is 18.7 Å². The second kappa shape index (κ2) is 6.29. The number of amides is 1. The zero-order valence-electron chi connectivity index (χ0n) is 13.3. The first-order chi connectivity index (χ1) is 10.6. The van der Waals surface area contributed by atoms with Gasteiger partial charge in [-0.3, -0.25) is 4.79 Å². The molecule has 1 spiro atoms. The van der Waals surface area contributed by atoms with Gasteiger partial charge in [-0.15, -0.1) is 0 Å². The van der Waals surface area contributed by atoms with Gasteiger partial charge in [0.1, 0.15) is 5.75 Å². The molecular formula is C18H25NO3. The van der Waals surface area contributed by atoms with Gasteiger partial charge in [-0.1, -0.05) is 6.42 Å². The third kappa shape index (κ3) is 2.84. The predicted molar refractivity (Wildman–Crippen MR) is 85.0 cm³/mol. The summed E-state index contributed by atoms with van der Waals surface area (Å²) >= 11 is 0. The van der Waals surface area contributed by atoms with Crippen molar-refractivity contribution in [1.82, 2.24) is 4.90 Å². The van der Waals surface area contributed by atoms with Crippen LogP contribution in [0, 0.1) is 5.41 Å². The second-order valence-corrected chi connectivity index (χ2v) is 6.56. The molecule has 4 nitrogen and oxygen atoms in total. The topological polar surface area (TPSA) is 49.8 Å². The lowest BCUT2D eigenvalue weighted by Crippen LogP contribution is -2.49. The van der Waals surface area contributed by atoms with Crippen LogP contribution >= 0.6 is 0 Å². The van der Waals surface area contributed by atoms with Crippen molar-refractivity contribution in [3.63, 3.8) is 0 Å². The van der Waals surface area contributed by atoms with E-state index in [1.54, 1.807) is 0 Å². The number of benzene rings is 1. The highest BCUT2D eigenvalue weighted by Gasteiger charge is 2.45. The van der Waals surface area contributed by atoms with Crippen LogP contribution in [-0.4, -0.2) is 41.7 Å². The normalized spacial score (nSPS) is 28.1. The number of aliphatic hydroxyl groups excluding tert-OH is 1. The lowest BCUT2D eigenvalue weighted by molar-refractivity contribution is -0.00535. The van der Waals surface area contributed by atoms with Crippen molar-refractivity contribution in [1.29, 1.82) is 0 Å². The highest BCUT2D eigenvalue weighted by atomic mass is 16.5. The maximum absolute atomic E-state index is 12.7. The first-order valence-corrected chi connectivity index (χ1v) is 8.35. The summed E-state index contributed by atoms with van der Waals surface area (Å²) in [5, 5.41) is 10.3. The summed E-state index contributed by atoms with van der Waals surface area (Å²) in [5.74, 6) is 0.863. The largest absolute Gasteiger partial charge is 0.494 e. The molecule has 3 rings (SSSR count). The molecule has 1 amide bonds. The molecule has 1 aromatic carbocycles.